The third-order valence-corrected chi connectivity index (χ3v) is 3.23. The molecule has 2 aromatic rings. The van der Waals surface area contributed by atoms with Gasteiger partial charge in [0.15, 0.2) is 6.61 Å². The highest BCUT2D eigenvalue weighted by Crippen LogP contribution is 2.28. The van der Waals surface area contributed by atoms with Crippen molar-refractivity contribution in [1.82, 2.24) is 0 Å². The molecule has 29 heavy (non-hydrogen) atoms. The maximum absolute atomic E-state index is 12.5. The third-order valence-electron chi connectivity index (χ3n) is 3.23. The van der Waals surface area contributed by atoms with Crippen molar-refractivity contribution in [3.63, 3.8) is 0 Å². The average Bonchev–Trinajstić information content (AvgIpc) is 2.65. The van der Waals surface area contributed by atoms with Crippen molar-refractivity contribution in [2.24, 2.45) is 0 Å². The molecule has 0 heterocycles. The number of carbonyl (C=O) groups is 2. The van der Waals surface area contributed by atoms with Gasteiger partial charge in [-0.1, -0.05) is 18.2 Å². The second-order valence-corrected chi connectivity index (χ2v) is 5.31. The lowest BCUT2D eigenvalue weighted by atomic mass is 10.1. The smallest absolute Gasteiger partial charge is 0.387 e. The molecule has 1 amide bonds. The number of ether oxygens (including phenoxy) is 3. The minimum Gasteiger partial charge on any atom is -0.452 e. The van der Waals surface area contributed by atoms with E-state index in [0.717, 1.165) is 30.4 Å². The van der Waals surface area contributed by atoms with Crippen LogP contribution in [0, 0.1) is 0 Å². The fourth-order valence-electron chi connectivity index (χ4n) is 2.09. The molecule has 154 valence electrons. The van der Waals surface area contributed by atoms with Crippen LogP contribution in [0.1, 0.15) is 5.56 Å². The van der Waals surface area contributed by atoms with E-state index in [2.05, 4.69) is 14.8 Å². The Morgan fingerprint density at radius 2 is 1.66 bits per heavy atom. The predicted molar refractivity (Wildman–Crippen MR) is 94.8 cm³/mol. The summed E-state index contributed by atoms with van der Waals surface area (Å²) >= 11 is 0. The number of anilines is 1. The first-order chi connectivity index (χ1) is 13.8. The van der Waals surface area contributed by atoms with Gasteiger partial charge in [-0.3, -0.25) is 4.79 Å². The highest BCUT2D eigenvalue weighted by atomic mass is 19.3. The zero-order chi connectivity index (χ0) is 21.2. The van der Waals surface area contributed by atoms with Gasteiger partial charge in [0.1, 0.15) is 11.5 Å². The zero-order valence-electron chi connectivity index (χ0n) is 14.7. The first-order valence-corrected chi connectivity index (χ1v) is 8.07. The molecule has 0 atom stereocenters. The molecule has 0 saturated heterocycles. The summed E-state index contributed by atoms with van der Waals surface area (Å²) < 4.78 is 62.6. The van der Waals surface area contributed by atoms with Gasteiger partial charge in [-0.25, -0.2) is 4.79 Å². The molecule has 0 radical (unpaired) electrons. The number of nitrogens with one attached hydrogen (secondary N) is 1. The van der Waals surface area contributed by atoms with Crippen LogP contribution in [0.3, 0.4) is 0 Å². The van der Waals surface area contributed by atoms with Gasteiger partial charge in [0.25, 0.3) is 5.91 Å². The van der Waals surface area contributed by atoms with Crippen molar-refractivity contribution in [3.05, 3.63) is 60.2 Å². The Hall–Kier alpha value is -3.56. The van der Waals surface area contributed by atoms with Crippen molar-refractivity contribution in [2.45, 2.75) is 13.2 Å². The van der Waals surface area contributed by atoms with Gasteiger partial charge in [0, 0.05) is 23.4 Å². The number of alkyl halides is 4. The van der Waals surface area contributed by atoms with E-state index in [1.807, 2.05) is 0 Å². The Kier molecular flexibility index (Phi) is 8.01. The molecule has 2 rings (SSSR count). The summed E-state index contributed by atoms with van der Waals surface area (Å²) in [5, 5.41) is 2.50. The molecule has 1 N–H and O–H groups in total. The Morgan fingerprint density at radius 3 is 2.31 bits per heavy atom. The quantitative estimate of drug-likeness (QED) is 0.381. The highest BCUT2D eigenvalue weighted by Gasteiger charge is 2.13. The number of esters is 1. The molecule has 0 spiro atoms. The van der Waals surface area contributed by atoms with Crippen molar-refractivity contribution >= 4 is 23.6 Å². The minimum atomic E-state index is -3.22. The Morgan fingerprint density at radius 1 is 0.966 bits per heavy atom. The first kappa shape index (κ1) is 21.7. The summed E-state index contributed by atoms with van der Waals surface area (Å²) in [5.74, 6) is -2.38. The van der Waals surface area contributed by atoms with Gasteiger partial charge in [-0.15, -0.1) is 0 Å². The number of halogens is 4. The first-order valence-electron chi connectivity index (χ1n) is 8.07. The largest absolute Gasteiger partial charge is 0.452 e. The van der Waals surface area contributed by atoms with E-state index in [-0.39, 0.29) is 5.56 Å². The van der Waals surface area contributed by atoms with E-state index in [1.165, 1.54) is 0 Å². The molecular weight excluding hydrogens is 398 g/mol. The van der Waals surface area contributed by atoms with Crippen LogP contribution in [0.2, 0.25) is 0 Å². The summed E-state index contributed by atoms with van der Waals surface area (Å²) in [6.45, 7) is -6.94. The summed E-state index contributed by atoms with van der Waals surface area (Å²) in [6, 6.07) is 11.5. The molecule has 0 aliphatic heterocycles. The van der Waals surface area contributed by atoms with E-state index in [4.69, 9.17) is 4.74 Å². The van der Waals surface area contributed by atoms with Crippen molar-refractivity contribution in [2.75, 3.05) is 11.9 Å². The van der Waals surface area contributed by atoms with Crippen LogP contribution < -0.4 is 14.8 Å². The van der Waals surface area contributed by atoms with Gasteiger partial charge >= 0.3 is 19.2 Å². The number of hydrogen-bond acceptors (Lipinski definition) is 5. The van der Waals surface area contributed by atoms with Crippen molar-refractivity contribution in [1.29, 1.82) is 0 Å². The van der Waals surface area contributed by atoms with Gasteiger partial charge in [0.05, 0.1) is 0 Å². The van der Waals surface area contributed by atoms with E-state index in [0.29, 0.717) is 5.69 Å². The van der Waals surface area contributed by atoms with Crippen LogP contribution in [0.25, 0.3) is 6.08 Å². The molecule has 0 bridgehead atoms. The molecule has 0 aromatic heterocycles. The molecule has 0 aliphatic carbocycles. The van der Waals surface area contributed by atoms with E-state index < -0.39 is 43.2 Å². The average molecular weight is 413 g/mol. The Bertz CT molecular complexity index is 859. The van der Waals surface area contributed by atoms with Crippen LogP contribution in [0.5, 0.6) is 11.5 Å². The topological polar surface area (TPSA) is 73.9 Å². The van der Waals surface area contributed by atoms with Crippen LogP contribution in [-0.4, -0.2) is 31.7 Å². The number of hydrogen-bond donors (Lipinski definition) is 1. The SMILES string of the molecule is O=C(COC(=O)/C=C/c1ccc(OC(F)F)cc1OC(F)F)Nc1ccccc1. The van der Waals surface area contributed by atoms with Crippen LogP contribution in [-0.2, 0) is 14.3 Å². The molecule has 0 unspecified atom stereocenters. The van der Waals surface area contributed by atoms with Crippen molar-refractivity contribution < 1.29 is 41.4 Å². The molecular formula is C19H15F4NO5. The number of amides is 1. The summed E-state index contributed by atoms with van der Waals surface area (Å²) in [6.07, 6.45) is 1.94. The van der Waals surface area contributed by atoms with Crippen molar-refractivity contribution in [3.8, 4) is 11.5 Å². The zero-order valence-corrected chi connectivity index (χ0v) is 14.7. The van der Waals surface area contributed by atoms with Crippen LogP contribution in [0.4, 0.5) is 23.2 Å². The molecule has 0 aliphatic rings. The molecule has 0 fully saturated rings. The summed E-state index contributed by atoms with van der Waals surface area (Å²) in [5.41, 5.74) is 0.501. The predicted octanol–water partition coefficient (Wildman–Crippen LogP) is 4.08. The van der Waals surface area contributed by atoms with Gasteiger partial charge in [0.2, 0.25) is 0 Å². The van der Waals surface area contributed by atoms with Crippen LogP contribution in [0.15, 0.2) is 54.6 Å². The standard InChI is InChI=1S/C19H15F4NO5/c20-18(21)28-14-8-6-12(15(10-14)29-19(22)23)7-9-17(26)27-11-16(25)24-13-4-2-1-3-5-13/h1-10,18-19H,11H2,(H,24,25)/b9-7+. The fourth-order valence-corrected chi connectivity index (χ4v) is 2.09. The third kappa shape index (κ3) is 7.91. The maximum atomic E-state index is 12.5. The second kappa shape index (κ2) is 10.7. The summed E-state index contributed by atoms with van der Waals surface area (Å²) in [7, 11) is 0. The van der Waals surface area contributed by atoms with Gasteiger partial charge in [-0.05, 0) is 30.3 Å². The minimum absolute atomic E-state index is 0.0161. The summed E-state index contributed by atoms with van der Waals surface area (Å²) in [4.78, 5) is 23.4. The molecule has 0 saturated carbocycles. The number of carbonyl (C=O) groups excluding carboxylic acids is 2. The van der Waals surface area contributed by atoms with Gasteiger partial charge < -0.3 is 19.5 Å². The lowest BCUT2D eigenvalue weighted by molar-refractivity contribution is -0.142. The fraction of sp³-hybridized carbons (Fsp3) is 0.158. The Labute approximate surface area is 162 Å². The molecule has 10 heteroatoms. The lowest BCUT2D eigenvalue weighted by Crippen LogP contribution is -2.20. The van der Waals surface area contributed by atoms with E-state index in [1.54, 1.807) is 30.3 Å². The number of para-hydroxylation sites is 1. The maximum Gasteiger partial charge on any atom is 0.387 e. The molecule has 6 nitrogen and oxygen atoms in total. The number of rotatable bonds is 9. The van der Waals surface area contributed by atoms with Gasteiger partial charge in [-0.2, -0.15) is 17.6 Å². The monoisotopic (exact) mass is 413 g/mol. The Balaban J connectivity index is 1.96. The lowest BCUT2D eigenvalue weighted by Gasteiger charge is -2.11. The number of benzene rings is 2. The highest BCUT2D eigenvalue weighted by molar-refractivity contribution is 5.94. The van der Waals surface area contributed by atoms with E-state index >= 15 is 0 Å². The van der Waals surface area contributed by atoms with E-state index in [9.17, 15) is 27.2 Å². The normalized spacial score (nSPS) is 11.0. The second-order valence-electron chi connectivity index (χ2n) is 5.31. The molecule has 2 aromatic carbocycles. The van der Waals surface area contributed by atoms with Crippen LogP contribution >= 0.6 is 0 Å².